The molecule has 0 spiro atoms. The normalized spacial score (nSPS) is 16.2. The van der Waals surface area contributed by atoms with Crippen molar-refractivity contribution in [1.29, 1.82) is 0 Å². The molecule has 0 saturated carbocycles. The first kappa shape index (κ1) is 11.6. The zero-order valence-electron chi connectivity index (χ0n) is 7.95. The van der Waals surface area contributed by atoms with Crippen LogP contribution in [0.15, 0.2) is 0 Å². The number of carbonyl (C=O) groups is 1. The van der Waals surface area contributed by atoms with Gasteiger partial charge in [0.1, 0.15) is 6.10 Å². The van der Waals surface area contributed by atoms with E-state index in [-0.39, 0.29) is 11.7 Å². The maximum Gasteiger partial charge on any atom is 0.166 e. The summed E-state index contributed by atoms with van der Waals surface area (Å²) in [4.78, 5) is 11.1. The van der Waals surface area contributed by atoms with E-state index in [2.05, 4.69) is 0 Å². The lowest BCUT2D eigenvalue weighted by Crippen LogP contribution is -2.36. The van der Waals surface area contributed by atoms with E-state index in [1.165, 1.54) is 0 Å². The molecule has 0 amide bonds. The van der Waals surface area contributed by atoms with E-state index in [0.717, 1.165) is 6.42 Å². The molecule has 0 radical (unpaired) electrons. The van der Waals surface area contributed by atoms with Gasteiger partial charge in [0.05, 0.1) is 6.10 Å². The van der Waals surface area contributed by atoms with E-state index in [9.17, 15) is 15.0 Å². The lowest BCUT2D eigenvalue weighted by Gasteiger charge is -2.17. The third-order valence-corrected chi connectivity index (χ3v) is 1.81. The van der Waals surface area contributed by atoms with Crippen LogP contribution >= 0.6 is 0 Å². The van der Waals surface area contributed by atoms with Crippen molar-refractivity contribution in [2.24, 2.45) is 5.92 Å². The topological polar surface area (TPSA) is 57.5 Å². The summed E-state index contributed by atoms with van der Waals surface area (Å²) in [5.41, 5.74) is 0. The molecule has 2 N–H and O–H groups in total. The van der Waals surface area contributed by atoms with Gasteiger partial charge in [0, 0.05) is 5.92 Å². The fourth-order valence-electron chi connectivity index (χ4n) is 0.985. The Morgan fingerprint density at radius 1 is 1.33 bits per heavy atom. The van der Waals surface area contributed by atoms with Gasteiger partial charge in [-0.15, -0.1) is 0 Å². The minimum Gasteiger partial charge on any atom is -0.390 e. The predicted molar refractivity (Wildman–Crippen MR) is 46.8 cm³/mol. The van der Waals surface area contributed by atoms with Gasteiger partial charge in [0.2, 0.25) is 0 Å². The van der Waals surface area contributed by atoms with Gasteiger partial charge in [0.15, 0.2) is 5.78 Å². The molecule has 0 rings (SSSR count). The summed E-state index contributed by atoms with van der Waals surface area (Å²) < 4.78 is 0. The summed E-state index contributed by atoms with van der Waals surface area (Å²) in [5, 5.41) is 18.6. The summed E-state index contributed by atoms with van der Waals surface area (Å²) in [6.45, 7) is 5.32. The second-order valence-corrected chi connectivity index (χ2v) is 3.36. The molecule has 2 unspecified atom stereocenters. The molecule has 0 heterocycles. The van der Waals surface area contributed by atoms with Crippen molar-refractivity contribution in [3.05, 3.63) is 0 Å². The van der Waals surface area contributed by atoms with Gasteiger partial charge in [-0.2, -0.15) is 0 Å². The van der Waals surface area contributed by atoms with Gasteiger partial charge in [-0.1, -0.05) is 27.2 Å². The van der Waals surface area contributed by atoms with Gasteiger partial charge >= 0.3 is 0 Å². The summed E-state index contributed by atoms with van der Waals surface area (Å²) in [5.74, 6) is -0.498. The van der Waals surface area contributed by atoms with E-state index in [1.807, 2.05) is 6.92 Å². The Bertz CT molecular complexity index is 143. The first-order valence-corrected chi connectivity index (χ1v) is 4.40. The second-order valence-electron chi connectivity index (χ2n) is 3.36. The average Bonchev–Trinajstić information content (AvgIpc) is 2.02. The highest BCUT2D eigenvalue weighted by atomic mass is 16.3. The number of rotatable bonds is 5. The summed E-state index contributed by atoms with van der Waals surface area (Å²) in [6.07, 6.45) is -0.863. The van der Waals surface area contributed by atoms with Crippen molar-refractivity contribution in [3.8, 4) is 0 Å². The Kier molecular flexibility index (Phi) is 5.09. The number of Topliss-reactive ketones (excluding diaryl/α,β-unsaturated/α-hetero) is 1. The quantitative estimate of drug-likeness (QED) is 0.646. The molecule has 3 nitrogen and oxygen atoms in total. The van der Waals surface area contributed by atoms with Crippen molar-refractivity contribution in [3.63, 3.8) is 0 Å². The van der Waals surface area contributed by atoms with Crippen LogP contribution in [-0.2, 0) is 4.79 Å². The lowest BCUT2D eigenvalue weighted by molar-refractivity contribution is -0.136. The molecule has 0 aliphatic rings. The zero-order chi connectivity index (χ0) is 9.72. The summed E-state index contributed by atoms with van der Waals surface area (Å²) >= 11 is 0. The molecule has 12 heavy (non-hydrogen) atoms. The van der Waals surface area contributed by atoms with Crippen LogP contribution in [0.5, 0.6) is 0 Å². The predicted octanol–water partition coefficient (Wildman–Crippen LogP) is 0.733. The Morgan fingerprint density at radius 2 is 1.83 bits per heavy atom. The van der Waals surface area contributed by atoms with E-state index in [1.54, 1.807) is 13.8 Å². The molecule has 0 saturated heterocycles. The molecular weight excluding hydrogens is 156 g/mol. The van der Waals surface area contributed by atoms with Crippen molar-refractivity contribution in [2.75, 3.05) is 0 Å². The van der Waals surface area contributed by atoms with Crippen LogP contribution in [0.4, 0.5) is 0 Å². The first-order valence-electron chi connectivity index (χ1n) is 4.40. The molecule has 3 heteroatoms. The smallest absolute Gasteiger partial charge is 0.166 e. The van der Waals surface area contributed by atoms with Crippen LogP contribution in [0.25, 0.3) is 0 Å². The number of ketones is 1. The fraction of sp³-hybridized carbons (Fsp3) is 0.889. The second kappa shape index (κ2) is 5.27. The standard InChI is InChI=1S/C9H18O3/c1-4-5-7(10)9(12)8(11)6(2)3/h6-7,9-10,12H,4-5H2,1-3H3. The minimum absolute atomic E-state index is 0.216. The maximum atomic E-state index is 11.1. The van der Waals surface area contributed by atoms with E-state index in [4.69, 9.17) is 0 Å². The van der Waals surface area contributed by atoms with E-state index < -0.39 is 12.2 Å². The monoisotopic (exact) mass is 174 g/mol. The van der Waals surface area contributed by atoms with Gasteiger partial charge < -0.3 is 10.2 Å². The molecule has 0 aromatic heterocycles. The Hall–Kier alpha value is -0.410. The van der Waals surface area contributed by atoms with Crippen molar-refractivity contribution < 1.29 is 15.0 Å². The van der Waals surface area contributed by atoms with Crippen LogP contribution in [-0.4, -0.2) is 28.2 Å². The molecule has 0 fully saturated rings. The number of hydrogen-bond donors (Lipinski definition) is 2. The molecular formula is C9H18O3. The SMILES string of the molecule is CCCC(O)C(O)C(=O)C(C)C. The van der Waals surface area contributed by atoms with Crippen molar-refractivity contribution >= 4 is 5.78 Å². The number of aliphatic hydroxyl groups excluding tert-OH is 2. The fourth-order valence-corrected chi connectivity index (χ4v) is 0.985. The third-order valence-electron chi connectivity index (χ3n) is 1.81. The van der Waals surface area contributed by atoms with Crippen LogP contribution in [0.1, 0.15) is 33.6 Å². The summed E-state index contributed by atoms with van der Waals surface area (Å²) in [7, 11) is 0. The molecule has 2 atom stereocenters. The summed E-state index contributed by atoms with van der Waals surface area (Å²) in [6, 6.07) is 0. The lowest BCUT2D eigenvalue weighted by atomic mass is 9.98. The minimum atomic E-state index is -1.20. The number of aliphatic hydroxyl groups is 2. The maximum absolute atomic E-state index is 11.1. The van der Waals surface area contributed by atoms with Gasteiger partial charge in [-0.3, -0.25) is 4.79 Å². The Morgan fingerprint density at radius 3 is 2.17 bits per heavy atom. The number of carbonyl (C=O) groups excluding carboxylic acids is 1. The van der Waals surface area contributed by atoms with Crippen LogP contribution in [0.3, 0.4) is 0 Å². The van der Waals surface area contributed by atoms with Crippen LogP contribution in [0, 0.1) is 5.92 Å². The molecule has 0 aliphatic carbocycles. The van der Waals surface area contributed by atoms with Crippen molar-refractivity contribution in [1.82, 2.24) is 0 Å². The molecule has 0 bridgehead atoms. The Labute approximate surface area is 73.4 Å². The zero-order valence-corrected chi connectivity index (χ0v) is 7.95. The number of hydrogen-bond acceptors (Lipinski definition) is 3. The largest absolute Gasteiger partial charge is 0.390 e. The third kappa shape index (κ3) is 3.32. The molecule has 0 aromatic rings. The van der Waals surface area contributed by atoms with Gasteiger partial charge in [-0.05, 0) is 6.42 Å². The van der Waals surface area contributed by atoms with Gasteiger partial charge in [-0.25, -0.2) is 0 Å². The first-order chi connectivity index (χ1) is 5.50. The van der Waals surface area contributed by atoms with E-state index in [0.29, 0.717) is 6.42 Å². The van der Waals surface area contributed by atoms with E-state index >= 15 is 0 Å². The molecule has 0 aliphatic heterocycles. The molecule has 0 aromatic carbocycles. The highest BCUT2D eigenvalue weighted by Gasteiger charge is 2.24. The van der Waals surface area contributed by atoms with Crippen LogP contribution in [0.2, 0.25) is 0 Å². The van der Waals surface area contributed by atoms with Gasteiger partial charge in [0.25, 0.3) is 0 Å². The average molecular weight is 174 g/mol. The highest BCUT2D eigenvalue weighted by molar-refractivity contribution is 5.85. The van der Waals surface area contributed by atoms with Crippen molar-refractivity contribution in [2.45, 2.75) is 45.8 Å². The van der Waals surface area contributed by atoms with Crippen LogP contribution < -0.4 is 0 Å². The Balaban J connectivity index is 4.00. The highest BCUT2D eigenvalue weighted by Crippen LogP contribution is 2.07. The molecule has 72 valence electrons.